The Morgan fingerprint density at radius 2 is 2.06 bits per heavy atom. The molecule has 90 valence electrons. The van der Waals surface area contributed by atoms with Crippen LogP contribution >= 0.6 is 27.5 Å². The van der Waals surface area contributed by atoms with E-state index in [2.05, 4.69) is 22.0 Å². The molecule has 0 radical (unpaired) electrons. The van der Waals surface area contributed by atoms with E-state index in [4.69, 9.17) is 16.3 Å². The van der Waals surface area contributed by atoms with Crippen LogP contribution in [0.1, 0.15) is 30.7 Å². The summed E-state index contributed by atoms with van der Waals surface area (Å²) in [7, 11) is 1.75. The first-order valence-corrected chi connectivity index (χ1v) is 7.09. The van der Waals surface area contributed by atoms with Gasteiger partial charge in [0.25, 0.3) is 0 Å². The van der Waals surface area contributed by atoms with Gasteiger partial charge in [0.1, 0.15) is 0 Å². The van der Waals surface area contributed by atoms with Gasteiger partial charge in [-0.2, -0.15) is 0 Å². The van der Waals surface area contributed by atoms with E-state index >= 15 is 0 Å². The third kappa shape index (κ3) is 4.44. The Balaban J connectivity index is 2.51. The normalized spacial score (nSPS) is 12.7. The molecule has 0 heterocycles. The minimum absolute atomic E-state index is 0.505. The Hall–Kier alpha value is -0.0500. The molecule has 0 N–H and O–H groups in total. The molecular weight excluding hydrogens is 287 g/mol. The summed E-state index contributed by atoms with van der Waals surface area (Å²) < 4.78 is 5.05. The molecule has 0 bridgehead atoms. The van der Waals surface area contributed by atoms with Gasteiger partial charge < -0.3 is 4.74 Å². The van der Waals surface area contributed by atoms with Gasteiger partial charge in [0.05, 0.1) is 0 Å². The lowest BCUT2D eigenvalue weighted by atomic mass is 9.95. The molecule has 1 nitrogen and oxygen atoms in total. The van der Waals surface area contributed by atoms with E-state index < -0.39 is 0 Å². The third-order valence-electron chi connectivity index (χ3n) is 2.68. The number of hydrogen-bond donors (Lipinski definition) is 0. The molecule has 1 rings (SSSR count). The molecule has 0 fully saturated rings. The van der Waals surface area contributed by atoms with E-state index in [9.17, 15) is 0 Å². The summed E-state index contributed by atoms with van der Waals surface area (Å²) >= 11 is 9.76. The summed E-state index contributed by atoms with van der Waals surface area (Å²) in [6.07, 6.45) is 3.44. The molecule has 0 amide bonds. The minimum atomic E-state index is 0.505. The summed E-state index contributed by atoms with van der Waals surface area (Å²) in [5, 5.41) is 1.84. The smallest absolute Gasteiger partial charge is 0.0462 e. The van der Waals surface area contributed by atoms with E-state index in [0.29, 0.717) is 5.92 Å². The van der Waals surface area contributed by atoms with E-state index in [1.165, 1.54) is 12.0 Å². The standard InChI is InChI=1S/C13H18BrClO/c1-16-9-5-4-6-11(10-14)12-7-2-3-8-13(12)15/h2-3,7-8,11H,4-6,9-10H2,1H3. The van der Waals surface area contributed by atoms with Crippen molar-refractivity contribution in [1.82, 2.24) is 0 Å². The van der Waals surface area contributed by atoms with Gasteiger partial charge in [0.2, 0.25) is 0 Å². The molecule has 1 unspecified atom stereocenters. The molecule has 0 spiro atoms. The second-order valence-corrected chi connectivity index (χ2v) is 4.92. The average Bonchev–Trinajstić information content (AvgIpc) is 2.31. The number of halogens is 2. The first kappa shape index (κ1) is 14.0. The van der Waals surface area contributed by atoms with Crippen LogP contribution < -0.4 is 0 Å². The minimum Gasteiger partial charge on any atom is -0.385 e. The second kappa shape index (κ2) is 8.10. The van der Waals surface area contributed by atoms with Gasteiger partial charge in [0.15, 0.2) is 0 Å². The zero-order valence-electron chi connectivity index (χ0n) is 9.59. The quantitative estimate of drug-likeness (QED) is 0.527. The van der Waals surface area contributed by atoms with Gasteiger partial charge in [0, 0.05) is 24.1 Å². The summed E-state index contributed by atoms with van der Waals surface area (Å²) in [5.41, 5.74) is 1.25. The summed E-state index contributed by atoms with van der Waals surface area (Å²) in [6, 6.07) is 8.10. The number of hydrogen-bond acceptors (Lipinski definition) is 1. The van der Waals surface area contributed by atoms with Crippen LogP contribution in [0, 0.1) is 0 Å². The molecule has 1 atom stereocenters. The largest absolute Gasteiger partial charge is 0.385 e. The van der Waals surface area contributed by atoms with Crippen LogP contribution in [0.25, 0.3) is 0 Å². The molecule has 0 saturated carbocycles. The van der Waals surface area contributed by atoms with E-state index in [1.54, 1.807) is 7.11 Å². The van der Waals surface area contributed by atoms with E-state index in [1.807, 2.05) is 18.2 Å². The zero-order chi connectivity index (χ0) is 11.8. The van der Waals surface area contributed by atoms with Crippen molar-refractivity contribution < 1.29 is 4.74 Å². The number of ether oxygens (including phenoxy) is 1. The number of rotatable bonds is 7. The van der Waals surface area contributed by atoms with Gasteiger partial charge in [-0.15, -0.1) is 0 Å². The van der Waals surface area contributed by atoms with Crippen molar-refractivity contribution in [2.45, 2.75) is 25.2 Å². The van der Waals surface area contributed by atoms with E-state index in [-0.39, 0.29) is 0 Å². The number of unbranched alkanes of at least 4 members (excludes halogenated alkanes) is 1. The Morgan fingerprint density at radius 1 is 1.31 bits per heavy atom. The number of alkyl halides is 1. The predicted octanol–water partition coefficient (Wildman–Crippen LogP) is 4.64. The maximum absolute atomic E-state index is 6.19. The Labute approximate surface area is 111 Å². The average molecular weight is 306 g/mol. The Morgan fingerprint density at radius 3 is 2.69 bits per heavy atom. The fourth-order valence-corrected chi connectivity index (χ4v) is 2.72. The van der Waals surface area contributed by atoms with Gasteiger partial charge in [-0.25, -0.2) is 0 Å². The summed E-state index contributed by atoms with van der Waals surface area (Å²) in [5.74, 6) is 0.505. The van der Waals surface area contributed by atoms with Crippen LogP contribution in [0.3, 0.4) is 0 Å². The van der Waals surface area contributed by atoms with Crippen molar-refractivity contribution in [2.75, 3.05) is 19.0 Å². The van der Waals surface area contributed by atoms with Gasteiger partial charge in [-0.3, -0.25) is 0 Å². The van der Waals surface area contributed by atoms with Crippen molar-refractivity contribution in [2.24, 2.45) is 0 Å². The van der Waals surface area contributed by atoms with Crippen molar-refractivity contribution >= 4 is 27.5 Å². The van der Waals surface area contributed by atoms with Crippen LogP contribution in [0.15, 0.2) is 24.3 Å². The lowest BCUT2D eigenvalue weighted by Crippen LogP contribution is -2.02. The van der Waals surface area contributed by atoms with Crippen LogP contribution in [0.2, 0.25) is 5.02 Å². The fourth-order valence-electron chi connectivity index (χ4n) is 1.76. The highest BCUT2D eigenvalue weighted by Crippen LogP contribution is 2.29. The van der Waals surface area contributed by atoms with Gasteiger partial charge >= 0.3 is 0 Å². The molecule has 3 heteroatoms. The second-order valence-electron chi connectivity index (χ2n) is 3.86. The van der Waals surface area contributed by atoms with Crippen LogP contribution in [-0.4, -0.2) is 19.0 Å². The molecule has 1 aromatic carbocycles. The molecule has 0 saturated heterocycles. The Bertz CT molecular complexity index is 304. The maximum Gasteiger partial charge on any atom is 0.0462 e. The van der Waals surface area contributed by atoms with Crippen LogP contribution in [-0.2, 0) is 4.74 Å². The first-order chi connectivity index (χ1) is 7.79. The van der Waals surface area contributed by atoms with Gasteiger partial charge in [-0.05, 0) is 30.4 Å². The van der Waals surface area contributed by atoms with Crippen molar-refractivity contribution in [3.8, 4) is 0 Å². The molecule has 0 aliphatic heterocycles. The Kier molecular flexibility index (Phi) is 7.10. The monoisotopic (exact) mass is 304 g/mol. The number of methoxy groups -OCH3 is 1. The molecule has 0 aliphatic carbocycles. The molecule has 16 heavy (non-hydrogen) atoms. The maximum atomic E-state index is 6.19. The third-order valence-corrected chi connectivity index (χ3v) is 3.81. The van der Waals surface area contributed by atoms with Crippen LogP contribution in [0.4, 0.5) is 0 Å². The van der Waals surface area contributed by atoms with E-state index in [0.717, 1.165) is 29.8 Å². The van der Waals surface area contributed by atoms with Gasteiger partial charge in [-0.1, -0.05) is 52.2 Å². The summed E-state index contributed by atoms with van der Waals surface area (Å²) in [6.45, 7) is 0.845. The highest BCUT2D eigenvalue weighted by atomic mass is 79.9. The van der Waals surface area contributed by atoms with Crippen molar-refractivity contribution in [1.29, 1.82) is 0 Å². The SMILES string of the molecule is COCCCCC(CBr)c1ccccc1Cl. The van der Waals surface area contributed by atoms with Crippen molar-refractivity contribution in [3.05, 3.63) is 34.9 Å². The lowest BCUT2D eigenvalue weighted by Gasteiger charge is -2.15. The highest BCUT2D eigenvalue weighted by Gasteiger charge is 2.12. The number of benzene rings is 1. The van der Waals surface area contributed by atoms with Crippen molar-refractivity contribution in [3.63, 3.8) is 0 Å². The summed E-state index contributed by atoms with van der Waals surface area (Å²) in [4.78, 5) is 0. The molecule has 0 aromatic heterocycles. The predicted molar refractivity (Wildman–Crippen MR) is 73.7 cm³/mol. The molecule has 1 aromatic rings. The lowest BCUT2D eigenvalue weighted by molar-refractivity contribution is 0.191. The zero-order valence-corrected chi connectivity index (χ0v) is 11.9. The fraction of sp³-hybridized carbons (Fsp3) is 0.538. The van der Waals surface area contributed by atoms with Crippen LogP contribution in [0.5, 0.6) is 0 Å². The molecule has 0 aliphatic rings. The highest BCUT2D eigenvalue weighted by molar-refractivity contribution is 9.09. The molecular formula is C13H18BrClO. The topological polar surface area (TPSA) is 9.23 Å². The first-order valence-electron chi connectivity index (χ1n) is 5.59.